The first-order valence-corrected chi connectivity index (χ1v) is 6.91. The molecule has 1 aliphatic heterocycles. The molecule has 1 aromatic carbocycles. The molecule has 2 N–H and O–H groups in total. The number of rotatable bonds is 4. The van der Waals surface area contributed by atoms with Gasteiger partial charge in [-0.25, -0.2) is 4.39 Å². The monoisotopic (exact) mass is 286 g/mol. The second-order valence-corrected chi connectivity index (χ2v) is 5.39. The highest BCUT2D eigenvalue weighted by molar-refractivity contribution is 6.31. The summed E-state index contributed by atoms with van der Waals surface area (Å²) in [5, 5.41) is 0.425. The Balaban J connectivity index is 2.29. The Morgan fingerprint density at radius 2 is 2.32 bits per heavy atom. The Labute approximate surface area is 118 Å². The van der Waals surface area contributed by atoms with Crippen molar-refractivity contribution in [2.75, 3.05) is 20.2 Å². The maximum atomic E-state index is 14.0. The third-order valence-corrected chi connectivity index (χ3v) is 4.24. The van der Waals surface area contributed by atoms with E-state index in [9.17, 15) is 4.39 Å². The van der Waals surface area contributed by atoms with E-state index in [1.54, 1.807) is 12.1 Å². The number of halogens is 2. The van der Waals surface area contributed by atoms with E-state index >= 15 is 0 Å². The van der Waals surface area contributed by atoms with Crippen molar-refractivity contribution in [1.82, 2.24) is 4.90 Å². The summed E-state index contributed by atoms with van der Waals surface area (Å²) >= 11 is 6.14. The van der Waals surface area contributed by atoms with Gasteiger partial charge in [0.1, 0.15) is 5.82 Å². The average Bonchev–Trinajstić information content (AvgIpc) is 2.79. The lowest BCUT2D eigenvalue weighted by Crippen LogP contribution is -2.42. The van der Waals surface area contributed by atoms with Crippen molar-refractivity contribution in [3.8, 4) is 0 Å². The molecule has 1 saturated heterocycles. The molecule has 1 aromatic rings. The van der Waals surface area contributed by atoms with Crippen molar-refractivity contribution < 1.29 is 9.13 Å². The molecule has 19 heavy (non-hydrogen) atoms. The quantitative estimate of drug-likeness (QED) is 0.925. The van der Waals surface area contributed by atoms with E-state index in [2.05, 4.69) is 4.90 Å². The average molecular weight is 287 g/mol. The van der Waals surface area contributed by atoms with Crippen molar-refractivity contribution in [1.29, 1.82) is 0 Å². The molecule has 1 fully saturated rings. The maximum absolute atomic E-state index is 14.0. The van der Waals surface area contributed by atoms with Crippen LogP contribution in [0.3, 0.4) is 0 Å². The summed E-state index contributed by atoms with van der Waals surface area (Å²) in [5.74, 6) is -0.304. The summed E-state index contributed by atoms with van der Waals surface area (Å²) < 4.78 is 19.6. The largest absolute Gasteiger partial charge is 0.377 e. The Morgan fingerprint density at radius 1 is 1.58 bits per heavy atom. The van der Waals surface area contributed by atoms with Gasteiger partial charge in [-0.3, -0.25) is 4.90 Å². The van der Waals surface area contributed by atoms with Crippen molar-refractivity contribution in [2.24, 2.45) is 5.73 Å². The first kappa shape index (κ1) is 14.7. The van der Waals surface area contributed by atoms with E-state index in [-0.39, 0.29) is 24.0 Å². The molecule has 2 rings (SSSR count). The van der Waals surface area contributed by atoms with Crippen LogP contribution < -0.4 is 5.73 Å². The summed E-state index contributed by atoms with van der Waals surface area (Å²) in [7, 11) is 1.95. The van der Waals surface area contributed by atoms with Crippen molar-refractivity contribution in [3.63, 3.8) is 0 Å². The smallest absolute Gasteiger partial charge is 0.129 e. The first-order chi connectivity index (χ1) is 9.06. The molecular formula is C14H20ClFN2O. The molecule has 0 bridgehead atoms. The van der Waals surface area contributed by atoms with E-state index in [1.165, 1.54) is 6.07 Å². The topological polar surface area (TPSA) is 38.5 Å². The first-order valence-electron chi connectivity index (χ1n) is 6.53. The third-order valence-electron chi connectivity index (χ3n) is 3.91. The molecule has 0 spiro atoms. The fraction of sp³-hybridized carbons (Fsp3) is 0.571. The van der Waals surface area contributed by atoms with Gasteiger partial charge in [-0.1, -0.05) is 17.7 Å². The molecule has 3 atom stereocenters. The molecule has 106 valence electrons. The molecule has 3 unspecified atom stereocenters. The maximum Gasteiger partial charge on any atom is 0.129 e. The highest BCUT2D eigenvalue weighted by Gasteiger charge is 2.33. The van der Waals surface area contributed by atoms with Crippen LogP contribution in [0, 0.1) is 5.82 Å². The van der Waals surface area contributed by atoms with E-state index in [4.69, 9.17) is 22.1 Å². The predicted molar refractivity (Wildman–Crippen MR) is 74.8 cm³/mol. The lowest BCUT2D eigenvalue weighted by atomic mass is 10.0. The van der Waals surface area contributed by atoms with Crippen LogP contribution in [0.4, 0.5) is 4.39 Å². The van der Waals surface area contributed by atoms with Gasteiger partial charge in [-0.2, -0.15) is 0 Å². The van der Waals surface area contributed by atoms with Crippen LogP contribution >= 0.6 is 11.6 Å². The highest BCUT2D eigenvalue weighted by atomic mass is 35.5. The van der Waals surface area contributed by atoms with Gasteiger partial charge in [0.05, 0.1) is 12.1 Å². The number of hydrogen-bond acceptors (Lipinski definition) is 3. The molecular weight excluding hydrogens is 267 g/mol. The molecule has 0 amide bonds. The third kappa shape index (κ3) is 2.92. The minimum atomic E-state index is -0.304. The number of nitrogens with zero attached hydrogens (tertiary/aromatic N) is 1. The lowest BCUT2D eigenvalue weighted by Gasteiger charge is -2.34. The summed E-state index contributed by atoms with van der Waals surface area (Å²) in [4.78, 5) is 2.09. The zero-order valence-corrected chi connectivity index (χ0v) is 12.0. The van der Waals surface area contributed by atoms with Crippen LogP contribution in [0.15, 0.2) is 18.2 Å². The zero-order chi connectivity index (χ0) is 14.0. The minimum Gasteiger partial charge on any atom is -0.377 e. The van der Waals surface area contributed by atoms with Crippen molar-refractivity contribution >= 4 is 11.6 Å². The van der Waals surface area contributed by atoms with Gasteiger partial charge in [-0.05, 0) is 32.5 Å². The summed E-state index contributed by atoms with van der Waals surface area (Å²) in [6.45, 7) is 3.09. The SMILES string of the molecule is CC1OCCC1N(C)C(CN)c1c(F)cccc1Cl. The highest BCUT2D eigenvalue weighted by Crippen LogP contribution is 2.32. The number of nitrogens with two attached hydrogens (primary N) is 1. The van der Waals surface area contributed by atoms with Crippen LogP contribution in [0.25, 0.3) is 0 Å². The Bertz CT molecular complexity index is 423. The second kappa shape index (κ2) is 6.18. The molecule has 0 saturated carbocycles. The Morgan fingerprint density at radius 3 is 2.84 bits per heavy atom. The Hall–Kier alpha value is -0.680. The summed E-state index contributed by atoms with van der Waals surface area (Å²) in [6, 6.07) is 4.74. The van der Waals surface area contributed by atoms with Gasteiger partial charge >= 0.3 is 0 Å². The van der Waals surface area contributed by atoms with Gasteiger partial charge < -0.3 is 10.5 Å². The number of hydrogen-bond donors (Lipinski definition) is 1. The van der Waals surface area contributed by atoms with Gasteiger partial charge in [0.2, 0.25) is 0 Å². The second-order valence-electron chi connectivity index (χ2n) is 4.98. The van der Waals surface area contributed by atoms with E-state index in [1.807, 2.05) is 14.0 Å². The van der Waals surface area contributed by atoms with E-state index in [0.29, 0.717) is 17.1 Å². The Kier molecular flexibility index (Phi) is 4.79. The lowest BCUT2D eigenvalue weighted by molar-refractivity contribution is 0.0679. The summed E-state index contributed by atoms with van der Waals surface area (Å²) in [5.41, 5.74) is 6.33. The fourth-order valence-electron chi connectivity index (χ4n) is 2.80. The molecule has 3 nitrogen and oxygen atoms in total. The van der Waals surface area contributed by atoms with Crippen LogP contribution in [0.5, 0.6) is 0 Å². The van der Waals surface area contributed by atoms with Gasteiger partial charge in [0.15, 0.2) is 0 Å². The fourth-order valence-corrected chi connectivity index (χ4v) is 3.09. The van der Waals surface area contributed by atoms with E-state index < -0.39 is 0 Å². The van der Waals surface area contributed by atoms with Gasteiger partial charge in [0.25, 0.3) is 0 Å². The molecule has 0 aliphatic carbocycles. The van der Waals surface area contributed by atoms with E-state index in [0.717, 1.165) is 13.0 Å². The number of likely N-dealkylation sites (N-methyl/N-ethyl adjacent to an activating group) is 1. The standard InChI is InChI=1S/C14H20ClFN2O/c1-9-12(6-7-19-9)18(2)13(8-17)14-10(15)4-3-5-11(14)16/h3-5,9,12-13H,6-8,17H2,1-2H3. The molecule has 0 radical (unpaired) electrons. The predicted octanol–water partition coefficient (Wildman–Crippen LogP) is 2.59. The zero-order valence-electron chi connectivity index (χ0n) is 11.3. The van der Waals surface area contributed by atoms with Gasteiger partial charge in [0, 0.05) is 29.8 Å². The van der Waals surface area contributed by atoms with Gasteiger partial charge in [-0.15, -0.1) is 0 Å². The van der Waals surface area contributed by atoms with Crippen molar-refractivity contribution in [2.45, 2.75) is 31.5 Å². The minimum absolute atomic E-state index is 0.129. The van der Waals surface area contributed by atoms with Crippen LogP contribution in [-0.2, 0) is 4.74 Å². The molecule has 1 heterocycles. The van der Waals surface area contributed by atoms with Crippen LogP contribution in [0.1, 0.15) is 24.9 Å². The number of benzene rings is 1. The molecule has 5 heteroatoms. The normalized spacial score (nSPS) is 24.9. The number of ether oxygens (including phenoxy) is 1. The summed E-state index contributed by atoms with van der Waals surface area (Å²) in [6.07, 6.45) is 1.06. The van der Waals surface area contributed by atoms with Crippen LogP contribution in [0.2, 0.25) is 5.02 Å². The van der Waals surface area contributed by atoms with Crippen LogP contribution in [-0.4, -0.2) is 37.2 Å². The van der Waals surface area contributed by atoms with Crippen molar-refractivity contribution in [3.05, 3.63) is 34.6 Å². The molecule has 1 aliphatic rings. The molecule has 0 aromatic heterocycles.